The number of esters is 1. The molecule has 5 heteroatoms. The summed E-state index contributed by atoms with van der Waals surface area (Å²) >= 11 is 0. The van der Waals surface area contributed by atoms with Crippen molar-refractivity contribution in [3.05, 3.63) is 70.3 Å². The van der Waals surface area contributed by atoms with Crippen molar-refractivity contribution in [3.8, 4) is 0 Å². The number of likely N-dealkylation sites (N-methyl/N-ethyl adjacent to an activating group) is 1. The molecule has 25 heavy (non-hydrogen) atoms. The molecular formula is C20H21NO4. The van der Waals surface area contributed by atoms with Gasteiger partial charge in [-0.25, -0.2) is 4.79 Å². The van der Waals surface area contributed by atoms with Crippen LogP contribution in [0.1, 0.15) is 37.4 Å². The molecule has 0 fully saturated rings. The van der Waals surface area contributed by atoms with Crippen LogP contribution in [0.4, 0.5) is 0 Å². The Bertz CT molecular complexity index is 781. The van der Waals surface area contributed by atoms with Crippen LogP contribution in [0.2, 0.25) is 0 Å². The molecule has 1 amide bonds. The Balaban J connectivity index is 1.89. The minimum atomic E-state index is -0.592. The second-order valence-corrected chi connectivity index (χ2v) is 6.00. The van der Waals surface area contributed by atoms with Gasteiger partial charge in [-0.2, -0.15) is 0 Å². The van der Waals surface area contributed by atoms with Crippen LogP contribution >= 0.6 is 0 Å². The first-order valence-electron chi connectivity index (χ1n) is 7.93. The summed E-state index contributed by atoms with van der Waals surface area (Å²) in [4.78, 5) is 36.2. The number of rotatable bonds is 6. The first-order valence-corrected chi connectivity index (χ1v) is 7.93. The Labute approximate surface area is 147 Å². The van der Waals surface area contributed by atoms with Gasteiger partial charge in [-0.3, -0.25) is 9.59 Å². The van der Waals surface area contributed by atoms with E-state index in [1.54, 1.807) is 7.05 Å². The number of aldehydes is 1. The standard InChI is InChI=1S/C20H21NO4/c1-14-4-7-18(15(2)10-14)11-21(3)19(23)13-25-20(24)17-8-5-16(12-22)6-9-17/h4-10,12H,11,13H2,1-3H3. The molecule has 2 rings (SSSR count). The second kappa shape index (κ2) is 8.24. The Kier molecular flexibility index (Phi) is 6.06. The highest BCUT2D eigenvalue weighted by molar-refractivity contribution is 5.92. The van der Waals surface area contributed by atoms with E-state index in [9.17, 15) is 14.4 Å². The number of ether oxygens (including phenoxy) is 1. The number of hydrogen-bond acceptors (Lipinski definition) is 4. The third-order valence-corrected chi connectivity index (χ3v) is 3.94. The highest BCUT2D eigenvalue weighted by atomic mass is 16.5. The minimum absolute atomic E-state index is 0.280. The number of carbonyl (C=O) groups excluding carboxylic acids is 3. The van der Waals surface area contributed by atoms with E-state index in [2.05, 4.69) is 6.07 Å². The first kappa shape index (κ1) is 18.4. The normalized spacial score (nSPS) is 10.2. The summed E-state index contributed by atoms with van der Waals surface area (Å²) in [5.74, 6) is -0.872. The summed E-state index contributed by atoms with van der Waals surface area (Å²) < 4.78 is 5.05. The van der Waals surface area contributed by atoms with E-state index < -0.39 is 5.97 Å². The minimum Gasteiger partial charge on any atom is -0.452 e. The molecule has 2 aromatic carbocycles. The SMILES string of the molecule is Cc1ccc(CN(C)C(=O)COC(=O)c2ccc(C=O)cc2)c(C)c1. The lowest BCUT2D eigenvalue weighted by Gasteiger charge is -2.18. The van der Waals surface area contributed by atoms with Gasteiger partial charge in [-0.15, -0.1) is 0 Å². The van der Waals surface area contributed by atoms with Gasteiger partial charge in [-0.1, -0.05) is 35.9 Å². The van der Waals surface area contributed by atoms with Crippen LogP contribution in [-0.2, 0) is 16.1 Å². The third-order valence-electron chi connectivity index (χ3n) is 3.94. The smallest absolute Gasteiger partial charge is 0.338 e. The number of nitrogens with zero attached hydrogens (tertiary/aromatic N) is 1. The summed E-state index contributed by atoms with van der Waals surface area (Å²) in [5.41, 5.74) is 4.12. The molecule has 0 aliphatic heterocycles. The second-order valence-electron chi connectivity index (χ2n) is 6.00. The third kappa shape index (κ3) is 5.01. The van der Waals surface area contributed by atoms with Gasteiger partial charge in [0.2, 0.25) is 0 Å². The van der Waals surface area contributed by atoms with Gasteiger partial charge in [-0.05, 0) is 37.1 Å². The fourth-order valence-electron chi connectivity index (χ4n) is 2.39. The molecule has 0 N–H and O–H groups in total. The maximum absolute atomic E-state index is 12.2. The molecule has 0 saturated carbocycles. The average Bonchev–Trinajstić information content (AvgIpc) is 2.61. The van der Waals surface area contributed by atoms with Crippen LogP contribution in [0.5, 0.6) is 0 Å². The Morgan fingerprint density at radius 3 is 2.36 bits per heavy atom. The van der Waals surface area contributed by atoms with Crippen molar-refractivity contribution in [2.75, 3.05) is 13.7 Å². The lowest BCUT2D eigenvalue weighted by molar-refractivity contribution is -0.133. The maximum Gasteiger partial charge on any atom is 0.338 e. The van der Waals surface area contributed by atoms with Gasteiger partial charge in [0, 0.05) is 19.2 Å². The van der Waals surface area contributed by atoms with Crippen molar-refractivity contribution in [1.29, 1.82) is 0 Å². The van der Waals surface area contributed by atoms with E-state index in [1.807, 2.05) is 26.0 Å². The van der Waals surface area contributed by atoms with Crippen molar-refractivity contribution in [3.63, 3.8) is 0 Å². The zero-order chi connectivity index (χ0) is 18.4. The summed E-state index contributed by atoms with van der Waals surface area (Å²) in [6.07, 6.45) is 0.695. The van der Waals surface area contributed by atoms with E-state index in [-0.39, 0.29) is 12.5 Å². The molecule has 0 aliphatic rings. The van der Waals surface area contributed by atoms with Crippen LogP contribution in [0, 0.1) is 13.8 Å². The number of benzene rings is 2. The van der Waals surface area contributed by atoms with Gasteiger partial charge >= 0.3 is 5.97 Å². The van der Waals surface area contributed by atoms with Crippen LogP contribution in [0.15, 0.2) is 42.5 Å². The van der Waals surface area contributed by atoms with Gasteiger partial charge in [0.05, 0.1) is 5.56 Å². The molecule has 0 heterocycles. The molecule has 0 atom stereocenters. The van der Waals surface area contributed by atoms with Gasteiger partial charge in [0.1, 0.15) is 6.29 Å². The summed E-state index contributed by atoms with van der Waals surface area (Å²) in [7, 11) is 1.67. The number of carbonyl (C=O) groups is 3. The van der Waals surface area contributed by atoms with Gasteiger partial charge < -0.3 is 9.64 Å². The van der Waals surface area contributed by atoms with Crippen molar-refractivity contribution in [1.82, 2.24) is 4.90 Å². The number of amides is 1. The zero-order valence-corrected chi connectivity index (χ0v) is 14.6. The average molecular weight is 339 g/mol. The van der Waals surface area contributed by atoms with Crippen LogP contribution < -0.4 is 0 Å². The molecule has 2 aromatic rings. The van der Waals surface area contributed by atoms with E-state index in [4.69, 9.17) is 4.74 Å². The molecule has 0 radical (unpaired) electrons. The highest BCUT2D eigenvalue weighted by Gasteiger charge is 2.14. The lowest BCUT2D eigenvalue weighted by Crippen LogP contribution is -2.31. The van der Waals surface area contributed by atoms with E-state index in [0.717, 1.165) is 11.1 Å². The fourth-order valence-corrected chi connectivity index (χ4v) is 2.39. The Hall–Kier alpha value is -2.95. The molecule has 0 aromatic heterocycles. The summed E-state index contributed by atoms with van der Waals surface area (Å²) in [6.45, 7) is 4.16. The van der Waals surface area contributed by atoms with E-state index >= 15 is 0 Å². The van der Waals surface area contributed by atoms with Gasteiger partial charge in [0.25, 0.3) is 5.91 Å². The Morgan fingerprint density at radius 2 is 1.76 bits per heavy atom. The van der Waals surface area contributed by atoms with Crippen LogP contribution in [0.3, 0.4) is 0 Å². The predicted molar refractivity (Wildman–Crippen MR) is 94.5 cm³/mol. The van der Waals surface area contributed by atoms with E-state index in [1.165, 1.54) is 34.7 Å². The lowest BCUT2D eigenvalue weighted by atomic mass is 10.1. The van der Waals surface area contributed by atoms with Crippen molar-refractivity contribution in [2.45, 2.75) is 20.4 Å². The summed E-state index contributed by atoms with van der Waals surface area (Å²) in [5, 5.41) is 0. The predicted octanol–water partition coefficient (Wildman–Crippen LogP) is 2.93. The largest absolute Gasteiger partial charge is 0.452 e. The van der Waals surface area contributed by atoms with Crippen molar-refractivity contribution in [2.24, 2.45) is 0 Å². The zero-order valence-electron chi connectivity index (χ0n) is 14.6. The quantitative estimate of drug-likeness (QED) is 0.600. The molecular weight excluding hydrogens is 318 g/mol. The molecule has 0 unspecified atom stereocenters. The molecule has 0 saturated heterocycles. The Morgan fingerprint density at radius 1 is 1.08 bits per heavy atom. The fraction of sp³-hybridized carbons (Fsp3) is 0.250. The molecule has 0 bridgehead atoms. The highest BCUT2D eigenvalue weighted by Crippen LogP contribution is 2.13. The molecule has 0 spiro atoms. The van der Waals surface area contributed by atoms with Crippen molar-refractivity contribution < 1.29 is 19.1 Å². The van der Waals surface area contributed by atoms with Crippen LogP contribution in [-0.4, -0.2) is 36.7 Å². The van der Waals surface area contributed by atoms with Crippen molar-refractivity contribution >= 4 is 18.2 Å². The molecule has 5 nitrogen and oxygen atoms in total. The van der Waals surface area contributed by atoms with Gasteiger partial charge in [0.15, 0.2) is 6.61 Å². The van der Waals surface area contributed by atoms with Crippen LogP contribution in [0.25, 0.3) is 0 Å². The maximum atomic E-state index is 12.2. The number of aryl methyl sites for hydroxylation is 2. The molecule has 130 valence electrons. The first-order chi connectivity index (χ1) is 11.9. The summed E-state index contributed by atoms with van der Waals surface area (Å²) in [6, 6.07) is 12.1. The number of hydrogen-bond donors (Lipinski definition) is 0. The topological polar surface area (TPSA) is 63.7 Å². The van der Waals surface area contributed by atoms with E-state index in [0.29, 0.717) is 24.0 Å². The monoisotopic (exact) mass is 339 g/mol. The molecule has 0 aliphatic carbocycles.